The van der Waals surface area contributed by atoms with Gasteiger partial charge in [0.2, 0.25) is 0 Å². The highest BCUT2D eigenvalue weighted by Crippen LogP contribution is 2.25. The molecule has 0 aliphatic carbocycles. The van der Waals surface area contributed by atoms with E-state index in [1.807, 2.05) is 30.3 Å². The van der Waals surface area contributed by atoms with Crippen molar-refractivity contribution in [3.05, 3.63) is 46.3 Å². The van der Waals surface area contributed by atoms with Crippen LogP contribution in [0, 0.1) is 0 Å². The van der Waals surface area contributed by atoms with Crippen molar-refractivity contribution in [2.45, 2.75) is 37.3 Å². The third-order valence-corrected chi connectivity index (χ3v) is 3.29. The zero-order chi connectivity index (χ0) is 15.2. The van der Waals surface area contributed by atoms with E-state index >= 15 is 0 Å². The second-order valence-electron chi connectivity index (χ2n) is 4.70. The van der Waals surface area contributed by atoms with Crippen molar-refractivity contribution in [1.29, 1.82) is 0 Å². The Bertz CT molecular complexity index is 494. The van der Waals surface area contributed by atoms with E-state index in [1.54, 1.807) is 0 Å². The zero-order valence-corrected chi connectivity index (χ0v) is 11.2. The normalized spacial score (nSPS) is 32.4. The van der Waals surface area contributed by atoms with Crippen LogP contribution in [-0.4, -0.2) is 52.6 Å². The Kier molecular flexibility index (Phi) is 5.51. The quantitative estimate of drug-likeness (QED) is 0.409. The summed E-state index contributed by atoms with van der Waals surface area (Å²) < 4.78 is 10.9. The molecular formula is C13H17N3O5. The van der Waals surface area contributed by atoms with Crippen LogP contribution in [0.15, 0.2) is 35.4 Å². The molecule has 0 spiro atoms. The van der Waals surface area contributed by atoms with Gasteiger partial charge in [0.15, 0.2) is 6.29 Å². The van der Waals surface area contributed by atoms with E-state index in [9.17, 15) is 10.2 Å². The largest absolute Gasteiger partial charge is 0.394 e. The Morgan fingerprint density at radius 1 is 1.24 bits per heavy atom. The van der Waals surface area contributed by atoms with Crippen molar-refractivity contribution in [3.63, 3.8) is 0 Å². The summed E-state index contributed by atoms with van der Waals surface area (Å²) in [6, 6.07) is 8.17. The van der Waals surface area contributed by atoms with Gasteiger partial charge in [-0.25, -0.2) is 0 Å². The van der Waals surface area contributed by atoms with Crippen LogP contribution >= 0.6 is 0 Å². The Labute approximate surface area is 121 Å². The molecule has 1 unspecified atom stereocenters. The average Bonchev–Trinajstić information content (AvgIpc) is 2.52. The average molecular weight is 295 g/mol. The summed E-state index contributed by atoms with van der Waals surface area (Å²) in [5, 5.41) is 32.3. The fourth-order valence-electron chi connectivity index (χ4n) is 2.14. The minimum Gasteiger partial charge on any atom is -0.394 e. The molecular weight excluding hydrogens is 278 g/mol. The molecule has 21 heavy (non-hydrogen) atoms. The molecule has 8 nitrogen and oxygen atoms in total. The standard InChI is InChI=1S/C13H17N3O5/c14-16-15-10-12(19)11(18)9(6-17)21-13(10)20-7-8-4-2-1-3-5-8/h1-5,9-13,17-19H,6-7H2/t9?,10-,11-,12+,13-/m0/s1. The topological polar surface area (TPSA) is 128 Å². The molecule has 1 aromatic carbocycles. The second-order valence-corrected chi connectivity index (χ2v) is 4.70. The summed E-state index contributed by atoms with van der Waals surface area (Å²) in [6.07, 6.45) is -4.75. The van der Waals surface area contributed by atoms with E-state index in [-0.39, 0.29) is 6.61 Å². The van der Waals surface area contributed by atoms with Crippen molar-refractivity contribution < 1.29 is 24.8 Å². The van der Waals surface area contributed by atoms with Gasteiger partial charge in [0.25, 0.3) is 0 Å². The van der Waals surface area contributed by atoms with E-state index in [0.717, 1.165) is 5.56 Å². The lowest BCUT2D eigenvalue weighted by atomic mass is 9.98. The minimum absolute atomic E-state index is 0.184. The maximum Gasteiger partial charge on any atom is 0.169 e. The molecule has 5 atom stereocenters. The molecule has 2 rings (SSSR count). The molecule has 1 fully saturated rings. The molecule has 1 saturated heterocycles. The fraction of sp³-hybridized carbons (Fsp3) is 0.538. The molecule has 114 valence electrons. The maximum absolute atomic E-state index is 9.95. The van der Waals surface area contributed by atoms with Crippen molar-refractivity contribution in [2.75, 3.05) is 6.61 Å². The summed E-state index contributed by atoms with van der Waals surface area (Å²) in [5.41, 5.74) is 9.43. The van der Waals surface area contributed by atoms with Gasteiger partial charge in [-0.15, -0.1) is 0 Å². The van der Waals surface area contributed by atoms with Crippen LogP contribution in [0.1, 0.15) is 5.56 Å². The summed E-state index contributed by atoms with van der Waals surface area (Å²) >= 11 is 0. The van der Waals surface area contributed by atoms with Gasteiger partial charge in [0.1, 0.15) is 18.2 Å². The van der Waals surface area contributed by atoms with Crippen LogP contribution in [0.2, 0.25) is 0 Å². The molecule has 1 heterocycles. The van der Waals surface area contributed by atoms with Crippen molar-refractivity contribution in [3.8, 4) is 0 Å². The Morgan fingerprint density at radius 3 is 2.57 bits per heavy atom. The van der Waals surface area contributed by atoms with Gasteiger partial charge in [-0.2, -0.15) is 0 Å². The maximum atomic E-state index is 9.95. The summed E-state index contributed by atoms with van der Waals surface area (Å²) in [6.45, 7) is -0.295. The third-order valence-electron chi connectivity index (χ3n) is 3.29. The number of benzene rings is 1. The lowest BCUT2D eigenvalue weighted by molar-refractivity contribution is -0.268. The molecule has 0 bridgehead atoms. The van der Waals surface area contributed by atoms with Gasteiger partial charge in [0, 0.05) is 4.91 Å². The molecule has 0 saturated carbocycles. The SMILES string of the molecule is [N-]=[N+]=N[C@@H]1[C@@H](OCc2ccccc2)OC(CO)[C@H](O)[C@@H]1O. The van der Waals surface area contributed by atoms with Gasteiger partial charge in [-0.05, 0) is 11.1 Å². The molecule has 1 aromatic rings. The van der Waals surface area contributed by atoms with Crippen molar-refractivity contribution >= 4 is 0 Å². The Hall–Kier alpha value is -1.67. The Balaban J connectivity index is 2.08. The zero-order valence-electron chi connectivity index (χ0n) is 11.2. The molecule has 3 N–H and O–H groups in total. The second kappa shape index (κ2) is 7.37. The fourth-order valence-corrected chi connectivity index (χ4v) is 2.14. The summed E-state index contributed by atoms with van der Waals surface area (Å²) in [5.74, 6) is 0. The van der Waals surface area contributed by atoms with E-state index in [2.05, 4.69) is 10.0 Å². The first-order valence-corrected chi connectivity index (χ1v) is 6.49. The molecule has 0 radical (unpaired) electrons. The number of azide groups is 1. The minimum atomic E-state index is -1.37. The molecule has 1 aliphatic rings. The smallest absolute Gasteiger partial charge is 0.169 e. The van der Waals surface area contributed by atoms with E-state index in [1.165, 1.54) is 0 Å². The number of hydrogen-bond donors (Lipinski definition) is 3. The third kappa shape index (κ3) is 3.70. The van der Waals surface area contributed by atoms with Crippen LogP contribution in [0.3, 0.4) is 0 Å². The van der Waals surface area contributed by atoms with Gasteiger partial charge >= 0.3 is 0 Å². The van der Waals surface area contributed by atoms with Gasteiger partial charge in [0.05, 0.1) is 19.3 Å². The summed E-state index contributed by atoms with van der Waals surface area (Å²) in [7, 11) is 0. The van der Waals surface area contributed by atoms with E-state index in [0.29, 0.717) is 0 Å². The van der Waals surface area contributed by atoms with E-state index < -0.39 is 37.3 Å². The van der Waals surface area contributed by atoms with Gasteiger partial charge < -0.3 is 24.8 Å². The highest BCUT2D eigenvalue weighted by atomic mass is 16.7. The van der Waals surface area contributed by atoms with Crippen molar-refractivity contribution in [1.82, 2.24) is 0 Å². The van der Waals surface area contributed by atoms with Gasteiger partial charge in [-0.3, -0.25) is 0 Å². The number of aliphatic hydroxyl groups is 3. The predicted octanol–water partition coefficient (Wildman–Crippen LogP) is 0.321. The first-order valence-electron chi connectivity index (χ1n) is 6.49. The first kappa shape index (κ1) is 15.7. The van der Waals surface area contributed by atoms with Crippen molar-refractivity contribution in [2.24, 2.45) is 5.11 Å². The van der Waals surface area contributed by atoms with Gasteiger partial charge in [-0.1, -0.05) is 35.4 Å². The number of aliphatic hydroxyl groups excluding tert-OH is 3. The van der Waals surface area contributed by atoms with E-state index in [4.69, 9.17) is 20.1 Å². The molecule has 1 aliphatic heterocycles. The highest BCUT2D eigenvalue weighted by Gasteiger charge is 2.44. The number of hydrogen-bond acceptors (Lipinski definition) is 6. The van der Waals surface area contributed by atoms with Crippen LogP contribution in [0.4, 0.5) is 0 Å². The number of rotatable bonds is 5. The predicted molar refractivity (Wildman–Crippen MR) is 71.9 cm³/mol. The number of ether oxygens (including phenoxy) is 2. The lowest BCUT2D eigenvalue weighted by Gasteiger charge is -2.40. The number of nitrogens with zero attached hydrogens (tertiary/aromatic N) is 3. The monoisotopic (exact) mass is 295 g/mol. The van der Waals surface area contributed by atoms with Crippen LogP contribution in [-0.2, 0) is 16.1 Å². The molecule has 0 amide bonds. The van der Waals surface area contributed by atoms with Crippen LogP contribution in [0.5, 0.6) is 0 Å². The lowest BCUT2D eigenvalue weighted by Crippen LogP contribution is -2.58. The summed E-state index contributed by atoms with van der Waals surface area (Å²) in [4.78, 5) is 2.63. The van der Waals surface area contributed by atoms with Crippen LogP contribution < -0.4 is 0 Å². The van der Waals surface area contributed by atoms with Crippen LogP contribution in [0.25, 0.3) is 10.4 Å². The first-order chi connectivity index (χ1) is 10.2. The molecule has 0 aromatic heterocycles. The molecule has 8 heteroatoms. The highest BCUT2D eigenvalue weighted by molar-refractivity contribution is 5.13. The Morgan fingerprint density at radius 2 is 1.95 bits per heavy atom.